The molecule has 3 rings (SSSR count). The number of amides is 6. The first kappa shape index (κ1) is 51.2. The van der Waals surface area contributed by atoms with Gasteiger partial charge in [-0.25, -0.2) is 14.9 Å². The highest BCUT2D eigenvalue weighted by Gasteiger charge is 2.34. The van der Waals surface area contributed by atoms with Crippen LogP contribution < -0.4 is 43.1 Å². The van der Waals surface area contributed by atoms with Crippen LogP contribution in [-0.2, 0) is 52.8 Å². The molecule has 0 fully saturated rings. The van der Waals surface area contributed by atoms with Crippen LogP contribution in [0.2, 0.25) is 0 Å². The number of unbranched alkanes of at least 4 members (excludes halogenated alkanes) is 1. The number of carboxylic acids is 1. The van der Waals surface area contributed by atoms with Gasteiger partial charge in [0.1, 0.15) is 36.0 Å². The Kier molecular flexibility index (Phi) is 21.1. The van der Waals surface area contributed by atoms with Crippen molar-refractivity contribution in [1.82, 2.24) is 37.3 Å². The number of phenolic OH excluding ortho intramolecular Hbond substituents is 1. The van der Waals surface area contributed by atoms with Gasteiger partial charge in [-0.15, -0.1) is 5.43 Å². The Bertz CT molecular complexity index is 2030. The highest BCUT2D eigenvalue weighted by Crippen LogP contribution is 2.12. The van der Waals surface area contributed by atoms with Crippen LogP contribution in [0, 0.1) is 10.1 Å². The molecule has 3 aromatic rings. The molecule has 22 nitrogen and oxygen atoms in total. The van der Waals surface area contributed by atoms with Gasteiger partial charge >= 0.3 is 5.97 Å². The van der Waals surface area contributed by atoms with Crippen molar-refractivity contribution in [3.63, 3.8) is 0 Å². The standard InChI is InChI=1S/C42H55N9O13/c1-25(53)36(49-35(55)23-44-37(56)33(50-51(63)64)22-28-15-17-29(54)18-16-28)41(60)48-34(24-52)40(59)47-32(21-27-12-6-3-7-13-27)39(58)46-31(20-26-10-4-2-5-11-26)38(57)45-30(42(61)62)14-8-9-19-43/h2-7,10-13,15-18,25,30-34,36,50,52-54H,8-9,14,19-24,43H2,1H3,(H,44,56)(H,45,57)(H,46,58)(H,47,59)(H,48,60)(H,49,55)(H,61,62)/t25-,30+,31+,32+,33+,34+,36+/m1/s1. The number of carbonyl (C=O) groups is 7. The Hall–Kier alpha value is -7.17. The maximum absolute atomic E-state index is 14.0. The molecule has 0 saturated carbocycles. The van der Waals surface area contributed by atoms with Crippen molar-refractivity contribution in [3.8, 4) is 5.75 Å². The highest BCUT2D eigenvalue weighted by molar-refractivity contribution is 5.97. The number of hydrogen-bond donors (Lipinski definition) is 12. The number of hydrazine groups is 1. The Morgan fingerprint density at radius 2 is 1.11 bits per heavy atom. The molecule has 0 radical (unpaired) electrons. The van der Waals surface area contributed by atoms with Gasteiger partial charge in [0.05, 0.1) is 19.3 Å². The molecule has 13 N–H and O–H groups in total. The fourth-order valence-corrected chi connectivity index (χ4v) is 6.25. The number of benzene rings is 3. The van der Waals surface area contributed by atoms with E-state index in [-0.39, 0.29) is 31.4 Å². The summed E-state index contributed by atoms with van der Waals surface area (Å²) in [5, 5.41) is 64.3. The third kappa shape index (κ3) is 17.7. The zero-order valence-electron chi connectivity index (χ0n) is 35.0. The fourth-order valence-electron chi connectivity index (χ4n) is 6.25. The summed E-state index contributed by atoms with van der Waals surface area (Å²) in [5.74, 6) is -7.28. The first-order valence-corrected chi connectivity index (χ1v) is 20.3. The topological polar surface area (TPSA) is 354 Å². The van der Waals surface area contributed by atoms with Gasteiger partial charge < -0.3 is 58.1 Å². The lowest BCUT2D eigenvalue weighted by atomic mass is 10.0. The molecule has 0 bridgehead atoms. The smallest absolute Gasteiger partial charge is 0.326 e. The van der Waals surface area contributed by atoms with E-state index in [1.807, 2.05) is 5.43 Å². The van der Waals surface area contributed by atoms with Crippen LogP contribution >= 0.6 is 0 Å². The quantitative estimate of drug-likeness (QED) is 0.0218. The van der Waals surface area contributed by atoms with E-state index in [4.69, 9.17) is 5.73 Å². The van der Waals surface area contributed by atoms with Crippen LogP contribution in [0.15, 0.2) is 84.9 Å². The molecule has 0 unspecified atom stereocenters. The van der Waals surface area contributed by atoms with Crippen LogP contribution in [0.1, 0.15) is 42.9 Å². The number of aliphatic hydroxyl groups is 2. The number of rotatable bonds is 27. The summed E-state index contributed by atoms with van der Waals surface area (Å²) < 4.78 is 0. The number of hydrogen-bond acceptors (Lipinski definition) is 13. The van der Waals surface area contributed by atoms with E-state index in [9.17, 15) is 64.1 Å². The largest absolute Gasteiger partial charge is 0.508 e. The normalized spacial score (nSPS) is 14.1. The number of nitrogens with zero attached hydrogens (tertiary/aromatic N) is 1. The lowest BCUT2D eigenvalue weighted by molar-refractivity contribution is -0.548. The molecule has 0 saturated heterocycles. The number of aromatic hydroxyl groups is 1. The summed E-state index contributed by atoms with van der Waals surface area (Å²) >= 11 is 0. The van der Waals surface area contributed by atoms with E-state index in [0.29, 0.717) is 36.1 Å². The van der Waals surface area contributed by atoms with Crippen molar-refractivity contribution < 1.29 is 59.0 Å². The molecule has 64 heavy (non-hydrogen) atoms. The van der Waals surface area contributed by atoms with Gasteiger partial charge in [0.25, 0.3) is 0 Å². The van der Waals surface area contributed by atoms with Crippen molar-refractivity contribution in [3.05, 3.63) is 112 Å². The summed E-state index contributed by atoms with van der Waals surface area (Å²) in [6.45, 7) is -0.386. The third-order valence-corrected chi connectivity index (χ3v) is 9.67. The maximum Gasteiger partial charge on any atom is 0.326 e. The van der Waals surface area contributed by atoms with Gasteiger partial charge in [0, 0.05) is 19.3 Å². The fraction of sp³-hybridized carbons (Fsp3) is 0.405. The van der Waals surface area contributed by atoms with Crippen LogP contribution in [0.5, 0.6) is 5.75 Å². The van der Waals surface area contributed by atoms with Crippen LogP contribution in [0.4, 0.5) is 0 Å². The molecule has 0 spiro atoms. The number of nitro groups is 1. The van der Waals surface area contributed by atoms with Crippen LogP contribution in [0.25, 0.3) is 0 Å². The van der Waals surface area contributed by atoms with E-state index in [1.54, 1.807) is 60.7 Å². The van der Waals surface area contributed by atoms with Crippen molar-refractivity contribution in [2.24, 2.45) is 5.73 Å². The van der Waals surface area contributed by atoms with Crippen molar-refractivity contribution in [2.75, 3.05) is 19.7 Å². The second-order valence-electron chi connectivity index (χ2n) is 14.7. The first-order valence-electron chi connectivity index (χ1n) is 20.3. The SMILES string of the molecule is C[C@@H](O)[C@H](NC(=O)CNC(=O)[C@H](Cc1ccc(O)cc1)N[N+](=O)[O-])C(=O)N[C@@H](CO)C(=O)N[C@@H](Cc1ccccc1)C(=O)N[C@@H](Cc1ccccc1)C(=O)N[C@@H](CCCCN)C(=O)O. The number of nitrogens with two attached hydrogens (primary N) is 1. The minimum Gasteiger partial charge on any atom is -0.508 e. The van der Waals surface area contributed by atoms with E-state index in [1.165, 1.54) is 24.3 Å². The van der Waals surface area contributed by atoms with E-state index in [2.05, 4.69) is 31.9 Å². The Labute approximate surface area is 367 Å². The molecule has 0 aliphatic rings. The van der Waals surface area contributed by atoms with Crippen LogP contribution in [-0.4, -0.2) is 129 Å². The highest BCUT2D eigenvalue weighted by atomic mass is 16.7. The molecule has 0 aliphatic heterocycles. The van der Waals surface area contributed by atoms with Gasteiger partial charge in [0.15, 0.2) is 11.1 Å². The molecule has 3 aromatic carbocycles. The predicted molar refractivity (Wildman–Crippen MR) is 228 cm³/mol. The second-order valence-corrected chi connectivity index (χ2v) is 14.7. The van der Waals surface area contributed by atoms with Crippen molar-refractivity contribution in [1.29, 1.82) is 0 Å². The zero-order valence-corrected chi connectivity index (χ0v) is 35.0. The lowest BCUT2D eigenvalue weighted by Crippen LogP contribution is -2.61. The Morgan fingerprint density at radius 1 is 0.641 bits per heavy atom. The number of carboxylic acid groups (broad SMARTS) is 1. The number of aliphatic hydroxyl groups excluding tert-OH is 2. The number of aliphatic carboxylic acids is 1. The van der Waals surface area contributed by atoms with E-state index < -0.39 is 102 Å². The predicted octanol–water partition coefficient (Wildman–Crippen LogP) is -2.30. The number of phenols is 1. The summed E-state index contributed by atoms with van der Waals surface area (Å²) in [7, 11) is 0. The van der Waals surface area contributed by atoms with Gasteiger partial charge in [-0.1, -0.05) is 72.8 Å². The van der Waals surface area contributed by atoms with Gasteiger partial charge in [-0.3, -0.25) is 28.8 Å². The van der Waals surface area contributed by atoms with Crippen LogP contribution in [0.3, 0.4) is 0 Å². The second kappa shape index (κ2) is 26.3. The number of carbonyl (C=O) groups excluding carboxylic acids is 6. The minimum absolute atomic E-state index is 0.0683. The first-order chi connectivity index (χ1) is 30.5. The third-order valence-electron chi connectivity index (χ3n) is 9.67. The molecule has 0 aromatic heterocycles. The molecule has 0 heterocycles. The summed E-state index contributed by atoms with van der Waals surface area (Å²) in [6, 6.07) is 13.4. The zero-order chi connectivity index (χ0) is 47.2. The maximum atomic E-state index is 14.0. The monoisotopic (exact) mass is 893 g/mol. The van der Waals surface area contributed by atoms with E-state index in [0.717, 1.165) is 6.92 Å². The molecule has 7 atom stereocenters. The molecular formula is C42H55N9O13. The van der Waals surface area contributed by atoms with Crippen molar-refractivity contribution in [2.45, 2.75) is 87.8 Å². The Morgan fingerprint density at radius 3 is 1.58 bits per heavy atom. The molecule has 346 valence electrons. The average Bonchev–Trinajstić information content (AvgIpc) is 3.26. The summed E-state index contributed by atoms with van der Waals surface area (Å²) in [5.41, 5.74) is 9.01. The molecular weight excluding hydrogens is 839 g/mol. The molecule has 6 amide bonds. The summed E-state index contributed by atoms with van der Waals surface area (Å²) in [6.07, 6.45) is -1.02. The molecule has 0 aliphatic carbocycles. The lowest BCUT2D eigenvalue weighted by Gasteiger charge is -2.27. The van der Waals surface area contributed by atoms with Gasteiger partial charge in [-0.2, -0.15) is 0 Å². The Balaban J connectivity index is 1.75. The minimum atomic E-state index is -1.77. The average molecular weight is 894 g/mol. The van der Waals surface area contributed by atoms with E-state index >= 15 is 0 Å². The molecule has 22 heteroatoms. The summed E-state index contributed by atoms with van der Waals surface area (Å²) in [4.78, 5) is 104. The van der Waals surface area contributed by atoms with Crippen molar-refractivity contribution >= 4 is 41.4 Å². The van der Waals surface area contributed by atoms with Gasteiger partial charge in [-0.05, 0) is 61.6 Å². The van der Waals surface area contributed by atoms with Gasteiger partial charge in [0.2, 0.25) is 35.4 Å². The number of nitrogens with one attached hydrogen (secondary N) is 7.